The van der Waals surface area contributed by atoms with E-state index in [1.807, 2.05) is 0 Å². The van der Waals surface area contributed by atoms with Gasteiger partial charge in [0.05, 0.1) is 28.4 Å². The Kier molecular flexibility index (Phi) is 15.4. The minimum absolute atomic E-state index is 0.151. The molecule has 0 aliphatic heterocycles. The van der Waals surface area contributed by atoms with Gasteiger partial charge in [0.25, 0.3) is 0 Å². The second-order valence-electron chi connectivity index (χ2n) is 24.3. The molecule has 0 atom stereocenters. The molecule has 0 unspecified atom stereocenters. The number of benzene rings is 14. The van der Waals surface area contributed by atoms with E-state index in [9.17, 15) is 0 Å². The summed E-state index contributed by atoms with van der Waals surface area (Å²) in [7, 11) is 21.6. The van der Waals surface area contributed by atoms with Gasteiger partial charge in [0.2, 0.25) is 0 Å². The van der Waals surface area contributed by atoms with E-state index in [0.717, 1.165) is 23.0 Å². The van der Waals surface area contributed by atoms with E-state index in [1.54, 1.807) is 28.4 Å². The number of methoxy groups -OCH3 is 4. The number of fused-ring (bicyclic) bond motifs is 18. The Morgan fingerprint density at radius 1 is 0.233 bits per heavy atom. The molecule has 2 aliphatic rings. The minimum atomic E-state index is -1.33. The Hall–Kier alpha value is -8.77. The molecule has 445 valence electrons. The van der Waals surface area contributed by atoms with Gasteiger partial charge in [-0.25, -0.2) is 0 Å². The van der Waals surface area contributed by atoms with Crippen molar-refractivity contribution in [1.29, 1.82) is 0 Å². The van der Waals surface area contributed by atoms with Gasteiger partial charge in [0.15, 0.2) is 0 Å². The van der Waals surface area contributed by atoms with Gasteiger partial charge in [-0.3, -0.25) is 0 Å². The van der Waals surface area contributed by atoms with Crippen molar-refractivity contribution in [3.63, 3.8) is 0 Å². The van der Waals surface area contributed by atoms with Gasteiger partial charge in [-0.1, -0.05) is 185 Å². The maximum absolute atomic E-state index is 5.64. The summed E-state index contributed by atoms with van der Waals surface area (Å²) in [5.74, 6) is 3.49. The fraction of sp³-hybridized carbons (Fsp3) is 0.122. The van der Waals surface area contributed by atoms with E-state index < -0.39 is 11.2 Å². The van der Waals surface area contributed by atoms with Crippen molar-refractivity contribution in [1.82, 2.24) is 0 Å². The van der Waals surface area contributed by atoms with E-state index in [0.29, 0.717) is 0 Å². The molecular weight excluding hydrogens is 1210 g/mol. The van der Waals surface area contributed by atoms with Crippen molar-refractivity contribution < 1.29 is 30.1 Å². The van der Waals surface area contributed by atoms with Gasteiger partial charge in [-0.2, -0.15) is 0 Å². The van der Waals surface area contributed by atoms with E-state index in [4.69, 9.17) is 49.2 Å². The predicted octanol–water partition coefficient (Wildman–Crippen LogP) is 23.7. The molecule has 4 nitrogen and oxygen atoms in total. The Balaban J connectivity index is 0.000000148. The Morgan fingerprint density at radius 2 is 0.511 bits per heavy atom. The van der Waals surface area contributed by atoms with E-state index >= 15 is 0 Å². The molecule has 90 heavy (non-hydrogen) atoms. The first-order valence-electron chi connectivity index (χ1n) is 30.1. The summed E-state index contributed by atoms with van der Waals surface area (Å²) in [6.07, 6.45) is 0. The molecule has 8 heteroatoms. The maximum atomic E-state index is 5.64. The van der Waals surface area contributed by atoms with Crippen molar-refractivity contribution in [2.75, 3.05) is 28.4 Å². The van der Waals surface area contributed by atoms with Crippen molar-refractivity contribution in [3.05, 3.63) is 265 Å². The summed E-state index contributed by atoms with van der Waals surface area (Å²) in [6, 6.07) is 88.2. The molecule has 0 aromatic heterocycles. The van der Waals surface area contributed by atoms with Crippen LogP contribution < -0.4 is 18.9 Å². The van der Waals surface area contributed by atoms with Crippen LogP contribution in [-0.2, 0) is 22.0 Å². The molecule has 0 radical (unpaired) electrons. The van der Waals surface area contributed by atoms with Crippen LogP contribution in [0.25, 0.3) is 131 Å². The second kappa shape index (κ2) is 23.6. The van der Waals surface area contributed by atoms with Crippen LogP contribution in [0.5, 0.6) is 23.0 Å². The van der Waals surface area contributed by atoms with Crippen LogP contribution in [0.4, 0.5) is 0 Å². The molecule has 16 rings (SSSR count). The summed E-state index contributed by atoms with van der Waals surface area (Å²) in [6.45, 7) is 9.47. The number of halogens is 3. The summed E-state index contributed by atoms with van der Waals surface area (Å²) < 4.78 is 22.5. The number of rotatable bonds is 8. The Morgan fingerprint density at radius 3 is 0.867 bits per heavy atom. The summed E-state index contributed by atoms with van der Waals surface area (Å²) in [5, 5.41) is 15.2. The third kappa shape index (κ3) is 10.1. The first kappa shape index (κ1) is 58.9. The molecule has 14 aromatic rings. The van der Waals surface area contributed by atoms with Gasteiger partial charge >= 0.3 is 41.5 Å². The molecule has 0 amide bonds. The van der Waals surface area contributed by atoms with Gasteiger partial charge in [0, 0.05) is 10.8 Å². The molecule has 0 N–H and O–H groups in total. The monoisotopic (exact) mass is 1270 g/mol. The Bertz CT molecular complexity index is 4850. The molecule has 0 heterocycles. The fourth-order valence-corrected chi connectivity index (χ4v) is 14.4. The standard InChI is InChI=1S/C41H30O2.C41H34O2.3ClH.Fe/c1-41(2)39-21-35-29-15-13-23(42-3)17-31(29)25-9-5-7-11-27(25)33(35)19-37(39)38-20-34-28-12-8-6-10-26(28)32-18-24(43-4)14-16-30(32)36(34)22-40(38)41;1-41(2)39-23-29(33-21-17-31(42-3)25-37(33)27-11-7-5-8-12-27)15-19-35(39)36-20-16-30(24-40(36)41)34-22-18-32(43-4)26-38(34)28-13-9-6-10-14-28;;;;/h5-22H,1-4H3;5-26H,1-4H3;3*1H;/q;;;;;+3/p-3. The van der Waals surface area contributed by atoms with Crippen LogP contribution in [0, 0.1) is 0 Å². The van der Waals surface area contributed by atoms with Gasteiger partial charge in [-0.05, 0) is 239 Å². The van der Waals surface area contributed by atoms with Crippen molar-refractivity contribution in [2.24, 2.45) is 0 Å². The zero-order valence-electron chi connectivity index (χ0n) is 51.2. The van der Waals surface area contributed by atoms with Gasteiger partial charge in [-0.15, -0.1) is 0 Å². The van der Waals surface area contributed by atoms with Crippen LogP contribution in [-0.4, -0.2) is 28.4 Å². The van der Waals surface area contributed by atoms with Crippen LogP contribution >= 0.6 is 30.3 Å². The first-order valence-corrected chi connectivity index (χ1v) is 34.6. The summed E-state index contributed by atoms with van der Waals surface area (Å²) in [5.41, 5.74) is 20.0. The number of hydrogen-bond acceptors (Lipinski definition) is 4. The SMILES string of the molecule is COc1ccc(-c2ccc3c(c2)C(C)(C)c2cc(-c4ccc(OC)cc4-c4ccccc4)ccc2-3)c(-c2ccccc2)c1.COc1ccc2c(c1)c1ccccc1c1cc3c(cc21)C(C)(C)c1cc2c4ccc(OC)cc4c4ccccc4c2cc1-3.[Cl][Fe]([Cl])[Cl]. The zero-order chi connectivity index (χ0) is 62.2. The quantitative estimate of drug-likeness (QED) is 0.112. The normalized spacial score (nSPS) is 13.2. The van der Waals surface area contributed by atoms with Gasteiger partial charge < -0.3 is 18.9 Å². The molecule has 0 fully saturated rings. The summed E-state index contributed by atoms with van der Waals surface area (Å²) >= 11 is -1.33. The molecule has 0 bridgehead atoms. The van der Waals surface area contributed by atoms with Crippen LogP contribution in [0.3, 0.4) is 0 Å². The molecule has 0 saturated carbocycles. The van der Waals surface area contributed by atoms with Crippen molar-refractivity contribution in [3.8, 4) is 89.8 Å². The van der Waals surface area contributed by atoms with Crippen LogP contribution in [0.2, 0.25) is 0 Å². The van der Waals surface area contributed by atoms with Gasteiger partial charge in [0.1, 0.15) is 23.0 Å². The van der Waals surface area contributed by atoms with E-state index in [2.05, 4.69) is 270 Å². The average Bonchev–Trinajstić information content (AvgIpc) is 1.51. The first-order chi connectivity index (χ1) is 43.7. The number of ether oxygens (including phenoxy) is 4. The summed E-state index contributed by atoms with van der Waals surface area (Å²) in [4.78, 5) is 0. The predicted molar refractivity (Wildman–Crippen MR) is 379 cm³/mol. The van der Waals surface area contributed by atoms with Crippen molar-refractivity contribution in [2.45, 2.75) is 38.5 Å². The third-order valence-electron chi connectivity index (χ3n) is 18.9. The van der Waals surface area contributed by atoms with Crippen molar-refractivity contribution >= 4 is 94.9 Å². The molecule has 0 spiro atoms. The van der Waals surface area contributed by atoms with E-state index in [1.165, 1.54) is 154 Å². The average molecular weight is 1280 g/mol. The van der Waals surface area contributed by atoms with Crippen LogP contribution in [0.15, 0.2) is 243 Å². The topological polar surface area (TPSA) is 36.9 Å². The van der Waals surface area contributed by atoms with Crippen LogP contribution in [0.1, 0.15) is 49.9 Å². The van der Waals surface area contributed by atoms with E-state index in [-0.39, 0.29) is 10.8 Å². The second-order valence-corrected chi connectivity index (χ2v) is 29.7. The Labute approximate surface area is 542 Å². The molecular formula is C82H64Cl3FeO4. The molecule has 0 saturated heterocycles. The number of hydrogen-bond donors (Lipinski definition) is 0. The zero-order valence-corrected chi connectivity index (χ0v) is 54.6. The third-order valence-corrected chi connectivity index (χ3v) is 18.9. The molecule has 14 aromatic carbocycles. The fourth-order valence-electron chi connectivity index (χ4n) is 14.4. The molecule has 2 aliphatic carbocycles.